The Morgan fingerprint density at radius 1 is 1.25 bits per heavy atom. The van der Waals surface area contributed by atoms with Gasteiger partial charge in [-0.3, -0.25) is 4.57 Å². The largest absolute Gasteiger partial charge is 0.345 e. The number of fused-ring (bicyclic) bond motifs is 1. The van der Waals surface area contributed by atoms with E-state index in [4.69, 9.17) is 0 Å². The van der Waals surface area contributed by atoms with Gasteiger partial charge in [-0.25, -0.2) is 14.3 Å². The molecule has 2 aliphatic rings. The highest BCUT2D eigenvalue weighted by Gasteiger charge is 2.25. The number of rotatable bonds is 4. The molecule has 0 saturated carbocycles. The second-order valence-corrected chi connectivity index (χ2v) is 7.47. The Morgan fingerprint density at radius 3 is 2.71 bits per heavy atom. The molecule has 1 N–H and O–H groups in total. The molecule has 1 aromatic rings. The molecule has 0 aromatic carbocycles. The molecule has 1 fully saturated rings. The Labute approximate surface area is 143 Å². The molecule has 0 spiro atoms. The summed E-state index contributed by atoms with van der Waals surface area (Å²) in [5, 5.41) is 7.40. The van der Waals surface area contributed by atoms with Crippen LogP contribution in [-0.2, 0) is 19.5 Å². The number of aryl methyl sites for hydroxylation is 2. The van der Waals surface area contributed by atoms with E-state index in [0.717, 1.165) is 51.1 Å². The lowest BCUT2D eigenvalue weighted by molar-refractivity contribution is 0.146. The van der Waals surface area contributed by atoms with Crippen molar-refractivity contribution >= 4 is 6.03 Å². The molecule has 3 heterocycles. The summed E-state index contributed by atoms with van der Waals surface area (Å²) in [7, 11) is 0. The number of hydrogen-bond acceptors (Lipinski definition) is 3. The van der Waals surface area contributed by atoms with Crippen molar-refractivity contribution in [2.24, 2.45) is 11.8 Å². The molecule has 1 saturated heterocycles. The van der Waals surface area contributed by atoms with Gasteiger partial charge < -0.3 is 10.2 Å². The van der Waals surface area contributed by atoms with E-state index in [1.807, 2.05) is 4.90 Å². The van der Waals surface area contributed by atoms with E-state index in [2.05, 4.69) is 24.3 Å². The van der Waals surface area contributed by atoms with Crippen LogP contribution in [0, 0.1) is 11.8 Å². The first-order valence-electron chi connectivity index (χ1n) is 9.24. The molecule has 2 atom stereocenters. The molecule has 1 aromatic heterocycles. The van der Waals surface area contributed by atoms with E-state index < -0.39 is 0 Å². The summed E-state index contributed by atoms with van der Waals surface area (Å²) in [5.74, 6) is 2.04. The standard InChI is InChI=1S/C17H29N5O2/c1-13-10-14(2)12-20(11-13)16(23)18-7-5-9-22-17(24)21-8-4-3-6-15(21)19-22/h13-14H,3-12H2,1-2H3,(H,18,23). The molecule has 24 heavy (non-hydrogen) atoms. The first-order chi connectivity index (χ1) is 11.5. The second kappa shape index (κ2) is 7.40. The van der Waals surface area contributed by atoms with Crippen LogP contribution < -0.4 is 11.0 Å². The third-order valence-electron chi connectivity index (χ3n) is 5.01. The summed E-state index contributed by atoms with van der Waals surface area (Å²) in [6.45, 7) is 7.99. The predicted octanol–water partition coefficient (Wildman–Crippen LogP) is 1.46. The van der Waals surface area contributed by atoms with Crippen molar-refractivity contribution in [1.82, 2.24) is 24.6 Å². The SMILES string of the molecule is CC1CC(C)CN(C(=O)NCCCn2nc3n(c2=O)CCCC3)C1. The maximum atomic E-state index is 12.3. The number of hydrogen-bond donors (Lipinski definition) is 1. The van der Waals surface area contributed by atoms with Crippen molar-refractivity contribution in [3.8, 4) is 0 Å². The van der Waals surface area contributed by atoms with Crippen LogP contribution in [0.1, 0.15) is 45.4 Å². The van der Waals surface area contributed by atoms with Crippen LogP contribution in [0.3, 0.4) is 0 Å². The summed E-state index contributed by atoms with van der Waals surface area (Å²) in [6.07, 6.45) is 4.98. The summed E-state index contributed by atoms with van der Waals surface area (Å²) < 4.78 is 3.34. The summed E-state index contributed by atoms with van der Waals surface area (Å²) >= 11 is 0. The number of amides is 2. The summed E-state index contributed by atoms with van der Waals surface area (Å²) in [4.78, 5) is 26.4. The van der Waals surface area contributed by atoms with E-state index in [-0.39, 0.29) is 11.7 Å². The number of urea groups is 1. The number of aromatic nitrogens is 3. The van der Waals surface area contributed by atoms with Crippen LogP contribution in [0.5, 0.6) is 0 Å². The molecule has 7 heteroatoms. The highest BCUT2D eigenvalue weighted by atomic mass is 16.2. The van der Waals surface area contributed by atoms with E-state index in [0.29, 0.717) is 24.9 Å². The average Bonchev–Trinajstić information content (AvgIpc) is 2.87. The Bertz CT molecular complexity index is 625. The average molecular weight is 335 g/mol. The molecule has 0 bridgehead atoms. The molecular weight excluding hydrogens is 306 g/mol. The van der Waals surface area contributed by atoms with Gasteiger partial charge in [0, 0.05) is 39.1 Å². The number of piperidine rings is 1. The first kappa shape index (κ1) is 17.0. The number of likely N-dealkylation sites (tertiary alicyclic amines) is 1. The van der Waals surface area contributed by atoms with Gasteiger partial charge in [0.05, 0.1) is 0 Å². The number of carbonyl (C=O) groups excluding carboxylic acids is 1. The zero-order valence-corrected chi connectivity index (χ0v) is 14.8. The molecular formula is C17H29N5O2. The van der Waals surface area contributed by atoms with Crippen LogP contribution in [0.15, 0.2) is 4.79 Å². The van der Waals surface area contributed by atoms with Crippen molar-refractivity contribution in [3.63, 3.8) is 0 Å². The first-order valence-corrected chi connectivity index (χ1v) is 9.24. The van der Waals surface area contributed by atoms with Crippen LogP contribution in [0.2, 0.25) is 0 Å². The monoisotopic (exact) mass is 335 g/mol. The molecule has 7 nitrogen and oxygen atoms in total. The zero-order valence-electron chi connectivity index (χ0n) is 14.8. The van der Waals surface area contributed by atoms with Gasteiger partial charge in [0.15, 0.2) is 0 Å². The Balaban J connectivity index is 1.45. The van der Waals surface area contributed by atoms with Gasteiger partial charge in [0.1, 0.15) is 5.82 Å². The predicted molar refractivity (Wildman–Crippen MR) is 92.0 cm³/mol. The molecule has 0 radical (unpaired) electrons. The highest BCUT2D eigenvalue weighted by molar-refractivity contribution is 5.74. The van der Waals surface area contributed by atoms with Crippen molar-refractivity contribution in [1.29, 1.82) is 0 Å². The second-order valence-electron chi connectivity index (χ2n) is 7.47. The normalized spacial score (nSPS) is 23.8. The van der Waals surface area contributed by atoms with Gasteiger partial charge in [-0.2, -0.15) is 5.10 Å². The highest BCUT2D eigenvalue weighted by Crippen LogP contribution is 2.20. The van der Waals surface area contributed by atoms with Crippen molar-refractivity contribution < 1.29 is 4.79 Å². The van der Waals surface area contributed by atoms with Crippen molar-refractivity contribution in [2.45, 2.75) is 59.0 Å². The molecule has 2 unspecified atom stereocenters. The van der Waals surface area contributed by atoms with Crippen molar-refractivity contribution in [2.75, 3.05) is 19.6 Å². The van der Waals surface area contributed by atoms with Gasteiger partial charge in [0.25, 0.3) is 0 Å². The smallest absolute Gasteiger partial charge is 0.338 e. The fourth-order valence-electron chi connectivity index (χ4n) is 3.96. The maximum Gasteiger partial charge on any atom is 0.345 e. The van der Waals surface area contributed by atoms with Crippen LogP contribution in [0.25, 0.3) is 0 Å². The minimum Gasteiger partial charge on any atom is -0.338 e. The minimum atomic E-state index is -0.00490. The van der Waals surface area contributed by atoms with E-state index >= 15 is 0 Å². The van der Waals surface area contributed by atoms with Crippen LogP contribution in [-0.4, -0.2) is 44.9 Å². The van der Waals surface area contributed by atoms with Crippen LogP contribution in [0.4, 0.5) is 4.79 Å². The van der Waals surface area contributed by atoms with Gasteiger partial charge in [-0.05, 0) is 37.5 Å². The number of nitrogens with zero attached hydrogens (tertiary/aromatic N) is 4. The lowest BCUT2D eigenvalue weighted by Crippen LogP contribution is -2.47. The van der Waals surface area contributed by atoms with Crippen molar-refractivity contribution in [3.05, 3.63) is 16.3 Å². The van der Waals surface area contributed by atoms with E-state index in [9.17, 15) is 9.59 Å². The Hall–Kier alpha value is -1.79. The molecule has 2 aliphatic heterocycles. The number of carbonyl (C=O) groups is 1. The molecule has 134 valence electrons. The quantitative estimate of drug-likeness (QED) is 0.847. The fourth-order valence-corrected chi connectivity index (χ4v) is 3.96. The van der Waals surface area contributed by atoms with Gasteiger partial charge >= 0.3 is 11.7 Å². The van der Waals surface area contributed by atoms with Gasteiger partial charge in [0.2, 0.25) is 0 Å². The summed E-state index contributed by atoms with van der Waals surface area (Å²) in [6, 6.07) is 0.0184. The molecule has 2 amide bonds. The lowest BCUT2D eigenvalue weighted by Gasteiger charge is -2.34. The Kier molecular flexibility index (Phi) is 5.26. The molecule has 0 aliphatic carbocycles. The number of nitrogens with one attached hydrogen (secondary N) is 1. The maximum absolute atomic E-state index is 12.3. The Morgan fingerprint density at radius 2 is 2.00 bits per heavy atom. The summed E-state index contributed by atoms with van der Waals surface area (Å²) in [5.41, 5.74) is -0.00490. The molecule has 3 rings (SSSR count). The third-order valence-corrected chi connectivity index (χ3v) is 5.01. The fraction of sp³-hybridized carbons (Fsp3) is 0.824. The zero-order chi connectivity index (χ0) is 17.1. The third kappa shape index (κ3) is 3.82. The van der Waals surface area contributed by atoms with E-state index in [1.165, 1.54) is 6.42 Å². The lowest BCUT2D eigenvalue weighted by atomic mass is 9.92. The van der Waals surface area contributed by atoms with Crippen LogP contribution >= 0.6 is 0 Å². The van der Waals surface area contributed by atoms with Gasteiger partial charge in [-0.1, -0.05) is 13.8 Å². The topological polar surface area (TPSA) is 72.2 Å². The minimum absolute atomic E-state index is 0.00490. The van der Waals surface area contributed by atoms with Gasteiger partial charge in [-0.15, -0.1) is 0 Å². The van der Waals surface area contributed by atoms with E-state index in [1.54, 1.807) is 9.25 Å².